The maximum atomic E-state index is 12.6. The number of ether oxygens (including phenoxy) is 1. The van der Waals surface area contributed by atoms with Gasteiger partial charge in [-0.15, -0.1) is 0 Å². The fourth-order valence-corrected chi connectivity index (χ4v) is 3.24. The Labute approximate surface area is 171 Å². The first kappa shape index (κ1) is 20.8. The van der Waals surface area contributed by atoms with Gasteiger partial charge in [-0.3, -0.25) is 19.7 Å². The number of benzene rings is 2. The summed E-state index contributed by atoms with van der Waals surface area (Å²) < 4.78 is 5.14. The Morgan fingerprint density at radius 3 is 2.77 bits per heavy atom. The van der Waals surface area contributed by atoms with Gasteiger partial charge in [-0.25, -0.2) is 5.43 Å². The molecule has 1 aliphatic rings. The lowest BCUT2D eigenvalue weighted by Crippen LogP contribution is -2.34. The second kappa shape index (κ2) is 9.03. The Kier molecular flexibility index (Phi) is 6.26. The largest absolute Gasteiger partial charge is 0.870 e. The van der Waals surface area contributed by atoms with Gasteiger partial charge in [-0.2, -0.15) is 5.10 Å². The molecule has 1 aliphatic heterocycles. The first-order chi connectivity index (χ1) is 14.4. The molecule has 1 heterocycles. The van der Waals surface area contributed by atoms with Crippen LogP contribution in [-0.2, 0) is 9.59 Å². The van der Waals surface area contributed by atoms with Crippen molar-refractivity contribution in [2.24, 2.45) is 11.0 Å². The molecule has 156 valence electrons. The molecular weight excluding hydrogens is 392 g/mol. The molecule has 0 spiro atoms. The van der Waals surface area contributed by atoms with Crippen molar-refractivity contribution < 1.29 is 24.4 Å². The summed E-state index contributed by atoms with van der Waals surface area (Å²) in [4.78, 5) is 35.1. The number of rotatable bonds is 7. The minimum atomic E-state index is -0.986. The van der Waals surface area contributed by atoms with E-state index >= 15 is 0 Å². The first-order valence-electron chi connectivity index (χ1n) is 9.20. The summed E-state index contributed by atoms with van der Waals surface area (Å²) in [6, 6.07) is 11.2. The van der Waals surface area contributed by atoms with Gasteiger partial charge in [0.25, 0.3) is 11.6 Å². The molecule has 0 bridgehead atoms. The number of nitrogens with one attached hydrogen (secondary N) is 2. The van der Waals surface area contributed by atoms with Crippen LogP contribution in [-0.4, -0.2) is 36.1 Å². The molecule has 0 saturated carbocycles. The number of amides is 2. The zero-order chi connectivity index (χ0) is 21.7. The van der Waals surface area contributed by atoms with Gasteiger partial charge in [0.2, 0.25) is 5.91 Å². The van der Waals surface area contributed by atoms with Crippen molar-refractivity contribution in [2.75, 3.05) is 13.2 Å². The van der Waals surface area contributed by atoms with Crippen molar-refractivity contribution in [3.05, 3.63) is 63.7 Å². The van der Waals surface area contributed by atoms with Gasteiger partial charge < -0.3 is 15.2 Å². The summed E-state index contributed by atoms with van der Waals surface area (Å²) in [5, 5.41) is 29.8. The fourth-order valence-electron chi connectivity index (χ4n) is 3.24. The number of nitrogens with zero attached hydrogens (tertiary/aromatic N) is 2. The lowest BCUT2D eigenvalue weighted by Gasteiger charge is -2.17. The van der Waals surface area contributed by atoms with Gasteiger partial charge in [0, 0.05) is 18.5 Å². The summed E-state index contributed by atoms with van der Waals surface area (Å²) in [6.07, 6.45) is 1.00. The van der Waals surface area contributed by atoms with Gasteiger partial charge in [-0.1, -0.05) is 36.1 Å². The molecule has 2 aromatic carbocycles. The third kappa shape index (κ3) is 4.37. The number of nitro benzene ring substituents is 1. The van der Waals surface area contributed by atoms with Gasteiger partial charge in [-0.05, 0) is 18.1 Å². The van der Waals surface area contributed by atoms with E-state index in [1.54, 1.807) is 6.92 Å². The number of hydrogen-bond acceptors (Lipinski definition) is 7. The highest BCUT2D eigenvalue weighted by molar-refractivity contribution is 6.03. The lowest BCUT2D eigenvalue weighted by atomic mass is 9.88. The van der Waals surface area contributed by atoms with Crippen LogP contribution < -0.4 is 20.6 Å². The lowest BCUT2D eigenvalue weighted by molar-refractivity contribution is -0.385. The van der Waals surface area contributed by atoms with E-state index in [0.29, 0.717) is 6.54 Å². The van der Waals surface area contributed by atoms with Crippen molar-refractivity contribution in [1.29, 1.82) is 0 Å². The minimum absolute atomic E-state index is 0.122. The number of carbonyl (C=O) groups is 2. The van der Waals surface area contributed by atoms with Crippen LogP contribution in [0.3, 0.4) is 0 Å². The van der Waals surface area contributed by atoms with Gasteiger partial charge in [0.05, 0.1) is 23.8 Å². The Balaban J connectivity index is 1.78. The van der Waals surface area contributed by atoms with Crippen molar-refractivity contribution >= 4 is 23.7 Å². The molecule has 0 unspecified atom stereocenters. The fraction of sp³-hybridized carbons (Fsp3) is 0.250. The summed E-state index contributed by atoms with van der Waals surface area (Å²) in [5.41, 5.74) is 2.62. The van der Waals surface area contributed by atoms with Crippen LogP contribution in [0.5, 0.6) is 11.5 Å². The number of carbonyl (C=O) groups excluding carboxylic acids is 2. The van der Waals surface area contributed by atoms with Crippen LogP contribution in [0.25, 0.3) is 0 Å². The Morgan fingerprint density at radius 1 is 1.37 bits per heavy atom. The van der Waals surface area contributed by atoms with Crippen LogP contribution in [0.4, 0.5) is 5.69 Å². The molecule has 10 nitrogen and oxygen atoms in total. The average molecular weight is 411 g/mol. The second-order valence-electron chi connectivity index (χ2n) is 6.53. The summed E-state index contributed by atoms with van der Waals surface area (Å²) in [5.74, 6) is -3.18. The predicted molar refractivity (Wildman–Crippen MR) is 105 cm³/mol. The van der Waals surface area contributed by atoms with E-state index in [9.17, 15) is 24.8 Å². The number of hydrogen-bond donors (Lipinski definition) is 2. The molecule has 30 heavy (non-hydrogen) atoms. The Hall–Kier alpha value is -3.95. The first-order valence-corrected chi connectivity index (χ1v) is 9.20. The van der Waals surface area contributed by atoms with E-state index in [-0.39, 0.29) is 29.5 Å². The molecule has 2 atom stereocenters. The normalized spacial score (nSPS) is 18.2. The third-order valence-electron chi connectivity index (χ3n) is 4.65. The molecule has 0 aliphatic carbocycles. The predicted octanol–water partition coefficient (Wildman–Crippen LogP) is 1.05. The highest BCUT2D eigenvalue weighted by Crippen LogP contribution is 2.32. The van der Waals surface area contributed by atoms with Gasteiger partial charge in [0.1, 0.15) is 11.7 Å². The number of nitro groups is 1. The van der Waals surface area contributed by atoms with E-state index < -0.39 is 28.4 Å². The maximum absolute atomic E-state index is 12.6. The van der Waals surface area contributed by atoms with E-state index in [1.807, 2.05) is 30.3 Å². The van der Waals surface area contributed by atoms with Crippen molar-refractivity contribution in [1.82, 2.24) is 10.7 Å². The Bertz CT molecular complexity index is 992. The zero-order valence-corrected chi connectivity index (χ0v) is 16.0. The minimum Gasteiger partial charge on any atom is -0.870 e. The van der Waals surface area contributed by atoms with Crippen LogP contribution >= 0.6 is 0 Å². The van der Waals surface area contributed by atoms with E-state index in [1.165, 1.54) is 0 Å². The van der Waals surface area contributed by atoms with Crippen molar-refractivity contribution in [2.45, 2.75) is 12.8 Å². The zero-order valence-electron chi connectivity index (χ0n) is 16.0. The summed E-state index contributed by atoms with van der Waals surface area (Å²) in [6.45, 7) is 2.11. The highest BCUT2D eigenvalue weighted by atomic mass is 16.6. The monoisotopic (exact) mass is 411 g/mol. The van der Waals surface area contributed by atoms with Crippen LogP contribution in [0.15, 0.2) is 47.6 Å². The van der Waals surface area contributed by atoms with Crippen LogP contribution in [0.2, 0.25) is 0 Å². The smallest absolute Gasteiger partial charge is 0.273 e. The second-order valence-corrected chi connectivity index (χ2v) is 6.53. The SMILES string of the molecule is CCOc1cc([N+](=O)[O-])cc(C=NNC(=O)[C@@H]2C(=O)NC[C@@H]2c2ccccc2)c1[O-]. The number of hydrazone groups is 1. The Morgan fingerprint density at radius 2 is 2.10 bits per heavy atom. The van der Waals surface area contributed by atoms with Crippen LogP contribution in [0.1, 0.15) is 24.0 Å². The molecule has 3 rings (SSSR count). The molecule has 1 saturated heterocycles. The summed E-state index contributed by atoms with van der Waals surface area (Å²) in [7, 11) is 0. The van der Waals surface area contributed by atoms with Gasteiger partial charge in [0.15, 0.2) is 0 Å². The van der Waals surface area contributed by atoms with E-state index in [0.717, 1.165) is 23.9 Å². The highest BCUT2D eigenvalue weighted by Gasteiger charge is 2.40. The molecule has 0 radical (unpaired) electrons. The molecular formula is C20H19N4O6-. The maximum Gasteiger partial charge on any atom is 0.273 e. The average Bonchev–Trinajstić information content (AvgIpc) is 3.12. The van der Waals surface area contributed by atoms with E-state index in [4.69, 9.17) is 4.74 Å². The summed E-state index contributed by atoms with van der Waals surface area (Å²) >= 11 is 0. The molecule has 10 heteroatoms. The molecule has 2 amide bonds. The standard InChI is InChI=1S/C20H20N4O6/c1-2-30-16-9-14(24(28)29)8-13(18(16)25)10-22-23-20(27)17-15(11-21-19(17)26)12-6-4-3-5-7-12/h3-10,15,17,25H,2,11H2,1H3,(H,21,26)(H,23,27)/p-1/t15-,17+/m1/s1. The topological polar surface area (TPSA) is 146 Å². The molecule has 1 fully saturated rings. The number of non-ortho nitro benzene ring substituents is 1. The van der Waals surface area contributed by atoms with Crippen LogP contribution in [0, 0.1) is 16.0 Å². The van der Waals surface area contributed by atoms with Crippen molar-refractivity contribution in [3.8, 4) is 11.5 Å². The third-order valence-corrected chi connectivity index (χ3v) is 4.65. The van der Waals surface area contributed by atoms with E-state index in [2.05, 4.69) is 15.8 Å². The van der Waals surface area contributed by atoms with Gasteiger partial charge >= 0.3 is 0 Å². The molecule has 0 aromatic heterocycles. The molecule has 2 N–H and O–H groups in total. The quantitative estimate of drug-likeness (QED) is 0.301. The van der Waals surface area contributed by atoms with Crippen molar-refractivity contribution in [3.63, 3.8) is 0 Å². The molecule has 2 aromatic rings.